The summed E-state index contributed by atoms with van der Waals surface area (Å²) in [4.78, 5) is 10.8. The number of ether oxygens (including phenoxy) is 1. The Hall–Kier alpha value is -1.22. The summed E-state index contributed by atoms with van der Waals surface area (Å²) in [6, 6.07) is 3.90. The van der Waals surface area contributed by atoms with Crippen LogP contribution in [0.5, 0.6) is 5.75 Å². The van der Waals surface area contributed by atoms with Crippen LogP contribution in [0.3, 0.4) is 0 Å². The summed E-state index contributed by atoms with van der Waals surface area (Å²) in [6.45, 7) is 6.61. The van der Waals surface area contributed by atoms with Gasteiger partial charge in [-0.3, -0.25) is 4.79 Å². The lowest BCUT2D eigenvalue weighted by Crippen LogP contribution is -2.17. The number of rotatable bonds is 6. The highest BCUT2D eigenvalue weighted by Gasteiger charge is 2.45. The molecule has 4 heteroatoms. The molecule has 0 unspecified atom stereocenters. The number of carboxylic acid groups (broad SMARTS) is 1. The van der Waals surface area contributed by atoms with Crippen molar-refractivity contribution >= 4 is 17.6 Å². The topological polar surface area (TPSA) is 46.5 Å². The van der Waals surface area contributed by atoms with Crippen molar-refractivity contribution in [3.63, 3.8) is 0 Å². The molecule has 0 atom stereocenters. The van der Waals surface area contributed by atoms with Gasteiger partial charge < -0.3 is 9.84 Å². The van der Waals surface area contributed by atoms with Gasteiger partial charge in [0.05, 0.1) is 13.0 Å². The quantitative estimate of drug-likeness (QED) is 0.846. The average molecular weight is 297 g/mol. The van der Waals surface area contributed by atoms with Crippen molar-refractivity contribution in [1.82, 2.24) is 0 Å². The Morgan fingerprint density at radius 3 is 2.60 bits per heavy atom. The second kappa shape index (κ2) is 5.65. The zero-order valence-electron chi connectivity index (χ0n) is 12.2. The summed E-state index contributed by atoms with van der Waals surface area (Å²) < 4.78 is 5.89. The predicted octanol–water partition coefficient (Wildman–Crippen LogP) is 4.41. The molecule has 1 N–H and O–H groups in total. The van der Waals surface area contributed by atoms with E-state index in [1.807, 2.05) is 19.1 Å². The van der Waals surface area contributed by atoms with E-state index >= 15 is 0 Å². The minimum atomic E-state index is -0.748. The van der Waals surface area contributed by atoms with Crippen molar-refractivity contribution in [2.45, 2.75) is 46.0 Å². The van der Waals surface area contributed by atoms with Crippen molar-refractivity contribution in [2.24, 2.45) is 5.41 Å². The number of aliphatic carboxylic acids is 1. The SMILES string of the molecule is Cc1cc(Cl)c(C(C)C)cc1OCC1(CC(=O)O)CC1. The molecule has 0 aliphatic heterocycles. The van der Waals surface area contributed by atoms with Gasteiger partial charge in [-0.15, -0.1) is 0 Å². The standard InChI is InChI=1S/C16H21ClO3/c1-10(2)12-7-14(11(3)6-13(12)17)20-9-16(4-5-16)8-15(18)19/h6-7,10H,4-5,8-9H2,1-3H3,(H,18,19). The zero-order valence-corrected chi connectivity index (χ0v) is 13.0. The molecule has 0 heterocycles. The maximum absolute atomic E-state index is 10.8. The van der Waals surface area contributed by atoms with Gasteiger partial charge in [-0.2, -0.15) is 0 Å². The van der Waals surface area contributed by atoms with Gasteiger partial charge >= 0.3 is 5.97 Å². The molecule has 20 heavy (non-hydrogen) atoms. The van der Waals surface area contributed by atoms with E-state index < -0.39 is 5.97 Å². The number of hydrogen-bond donors (Lipinski definition) is 1. The van der Waals surface area contributed by atoms with Crippen molar-refractivity contribution in [2.75, 3.05) is 6.61 Å². The molecule has 1 aliphatic rings. The molecule has 3 nitrogen and oxygen atoms in total. The van der Waals surface area contributed by atoms with Gasteiger partial charge in [-0.05, 0) is 48.9 Å². The molecule has 0 spiro atoms. The molecule has 110 valence electrons. The fraction of sp³-hybridized carbons (Fsp3) is 0.562. The molecular weight excluding hydrogens is 276 g/mol. The molecular formula is C16H21ClO3. The molecule has 1 aromatic rings. The van der Waals surface area contributed by atoms with E-state index in [0.717, 1.165) is 34.7 Å². The van der Waals surface area contributed by atoms with Crippen molar-refractivity contribution in [3.8, 4) is 5.75 Å². The number of halogens is 1. The Morgan fingerprint density at radius 1 is 1.45 bits per heavy atom. The monoisotopic (exact) mass is 296 g/mol. The molecule has 1 saturated carbocycles. The van der Waals surface area contributed by atoms with Gasteiger partial charge in [0.1, 0.15) is 5.75 Å². The number of benzene rings is 1. The molecule has 0 bridgehead atoms. The van der Waals surface area contributed by atoms with E-state index in [2.05, 4.69) is 13.8 Å². The van der Waals surface area contributed by atoms with Crippen LogP contribution in [0, 0.1) is 12.3 Å². The zero-order chi connectivity index (χ0) is 14.9. The maximum atomic E-state index is 10.8. The molecule has 2 rings (SSSR count). The first-order valence-corrected chi connectivity index (χ1v) is 7.35. The Labute approximate surface area is 124 Å². The summed E-state index contributed by atoms with van der Waals surface area (Å²) in [5.41, 5.74) is 1.90. The van der Waals surface area contributed by atoms with Crippen LogP contribution in [-0.2, 0) is 4.79 Å². The van der Waals surface area contributed by atoms with Crippen LogP contribution in [0.4, 0.5) is 0 Å². The van der Waals surface area contributed by atoms with Crippen molar-refractivity contribution < 1.29 is 14.6 Å². The van der Waals surface area contributed by atoms with E-state index in [0.29, 0.717) is 12.5 Å². The first kappa shape index (κ1) is 15.2. The largest absolute Gasteiger partial charge is 0.493 e. The third-order valence-corrected chi connectivity index (χ3v) is 4.26. The van der Waals surface area contributed by atoms with E-state index in [1.54, 1.807) is 0 Å². The van der Waals surface area contributed by atoms with Crippen LogP contribution in [0.2, 0.25) is 5.02 Å². The fourth-order valence-electron chi connectivity index (χ4n) is 2.37. The average Bonchev–Trinajstić information content (AvgIpc) is 3.06. The fourth-order valence-corrected chi connectivity index (χ4v) is 2.80. The van der Waals surface area contributed by atoms with Gasteiger partial charge in [-0.25, -0.2) is 0 Å². The van der Waals surface area contributed by atoms with Gasteiger partial charge in [-0.1, -0.05) is 25.4 Å². The van der Waals surface area contributed by atoms with Crippen LogP contribution in [0.15, 0.2) is 12.1 Å². The van der Waals surface area contributed by atoms with Gasteiger partial charge in [0, 0.05) is 10.4 Å². The Morgan fingerprint density at radius 2 is 2.10 bits per heavy atom. The third kappa shape index (κ3) is 3.45. The lowest BCUT2D eigenvalue weighted by Gasteiger charge is -2.18. The lowest BCUT2D eigenvalue weighted by atomic mass is 10.0. The first-order valence-electron chi connectivity index (χ1n) is 6.98. The van der Waals surface area contributed by atoms with E-state index in [4.69, 9.17) is 21.4 Å². The van der Waals surface area contributed by atoms with Crippen molar-refractivity contribution in [3.05, 3.63) is 28.3 Å². The van der Waals surface area contributed by atoms with Crippen LogP contribution < -0.4 is 4.74 Å². The Bertz CT molecular complexity index is 519. The molecule has 1 aromatic carbocycles. The van der Waals surface area contributed by atoms with Gasteiger partial charge in [0.25, 0.3) is 0 Å². The molecule has 0 saturated heterocycles. The maximum Gasteiger partial charge on any atom is 0.304 e. The highest BCUT2D eigenvalue weighted by Crippen LogP contribution is 2.49. The second-order valence-corrected chi connectivity index (χ2v) is 6.56. The number of aryl methyl sites for hydroxylation is 1. The molecule has 1 fully saturated rings. The number of carboxylic acids is 1. The minimum absolute atomic E-state index is 0.157. The van der Waals surface area contributed by atoms with Crippen LogP contribution in [-0.4, -0.2) is 17.7 Å². The molecule has 0 amide bonds. The summed E-state index contributed by atoms with van der Waals surface area (Å²) in [5.74, 6) is 0.399. The summed E-state index contributed by atoms with van der Waals surface area (Å²) in [7, 11) is 0. The van der Waals surface area contributed by atoms with Gasteiger partial charge in [0.15, 0.2) is 0 Å². The van der Waals surface area contributed by atoms with Crippen LogP contribution in [0.25, 0.3) is 0 Å². The highest BCUT2D eigenvalue weighted by atomic mass is 35.5. The lowest BCUT2D eigenvalue weighted by molar-refractivity contribution is -0.138. The normalized spacial score (nSPS) is 16.2. The van der Waals surface area contributed by atoms with E-state index in [9.17, 15) is 4.79 Å². The molecule has 0 aromatic heterocycles. The van der Waals surface area contributed by atoms with E-state index in [-0.39, 0.29) is 11.8 Å². The predicted molar refractivity (Wildman–Crippen MR) is 79.7 cm³/mol. The number of carbonyl (C=O) groups is 1. The van der Waals surface area contributed by atoms with Gasteiger partial charge in [0.2, 0.25) is 0 Å². The van der Waals surface area contributed by atoms with Crippen LogP contribution in [0.1, 0.15) is 50.2 Å². The number of hydrogen-bond acceptors (Lipinski definition) is 2. The minimum Gasteiger partial charge on any atom is -0.493 e. The highest BCUT2D eigenvalue weighted by molar-refractivity contribution is 6.31. The first-order chi connectivity index (χ1) is 9.33. The second-order valence-electron chi connectivity index (χ2n) is 6.15. The van der Waals surface area contributed by atoms with Crippen molar-refractivity contribution in [1.29, 1.82) is 0 Å². The third-order valence-electron chi connectivity index (χ3n) is 3.93. The molecule has 0 radical (unpaired) electrons. The van der Waals surface area contributed by atoms with E-state index in [1.165, 1.54) is 0 Å². The summed E-state index contributed by atoms with van der Waals surface area (Å²) in [6.07, 6.45) is 2.06. The Balaban J connectivity index is 2.10. The van der Waals surface area contributed by atoms with Crippen LogP contribution >= 0.6 is 11.6 Å². The Kier molecular flexibility index (Phi) is 4.28. The summed E-state index contributed by atoms with van der Waals surface area (Å²) in [5, 5.41) is 9.68. The summed E-state index contributed by atoms with van der Waals surface area (Å²) >= 11 is 6.23. The smallest absolute Gasteiger partial charge is 0.304 e. The molecule has 1 aliphatic carbocycles.